The second-order valence-electron chi connectivity index (χ2n) is 5.52. The third-order valence-electron chi connectivity index (χ3n) is 3.70. The Morgan fingerprint density at radius 2 is 2.00 bits per heavy atom. The summed E-state index contributed by atoms with van der Waals surface area (Å²) in [5.41, 5.74) is 3.83. The maximum Gasteiger partial charge on any atom is 0.327 e. The van der Waals surface area contributed by atoms with Crippen molar-refractivity contribution < 1.29 is 9.53 Å². The van der Waals surface area contributed by atoms with Gasteiger partial charge in [0.25, 0.3) is 0 Å². The highest BCUT2D eigenvalue weighted by molar-refractivity contribution is 7.18. The van der Waals surface area contributed by atoms with Crippen LogP contribution in [0.4, 0.5) is 0 Å². The summed E-state index contributed by atoms with van der Waals surface area (Å²) in [7, 11) is 1.36. The number of hydrogen-bond acceptors (Lipinski definition) is 4. The van der Waals surface area contributed by atoms with Crippen molar-refractivity contribution in [2.75, 3.05) is 7.11 Å². The van der Waals surface area contributed by atoms with E-state index in [1.54, 1.807) is 16.0 Å². The molecule has 0 amide bonds. The fourth-order valence-corrected chi connectivity index (χ4v) is 3.87. The quantitative estimate of drug-likeness (QED) is 0.632. The number of carbonyl (C=O) groups is 1. The first-order chi connectivity index (χ1) is 11.5. The molecule has 0 unspecified atom stereocenters. The Morgan fingerprint density at radius 3 is 2.71 bits per heavy atom. The van der Waals surface area contributed by atoms with E-state index in [0.717, 1.165) is 21.0 Å². The van der Waals surface area contributed by atoms with Crippen LogP contribution in [0.1, 0.15) is 11.3 Å². The second kappa shape index (κ2) is 6.79. The van der Waals surface area contributed by atoms with E-state index in [9.17, 15) is 4.79 Å². The van der Waals surface area contributed by atoms with Gasteiger partial charge in [-0.1, -0.05) is 41.4 Å². The maximum atomic E-state index is 11.6. The van der Waals surface area contributed by atoms with Crippen molar-refractivity contribution >= 4 is 28.9 Å². The molecule has 4 nitrogen and oxygen atoms in total. The number of rotatable bonds is 4. The third kappa shape index (κ3) is 3.23. The number of aromatic nitrogens is 2. The number of methoxy groups -OCH3 is 1. The van der Waals surface area contributed by atoms with Crippen LogP contribution >= 0.6 is 22.9 Å². The predicted molar refractivity (Wildman–Crippen MR) is 97.5 cm³/mol. The molecular weight excluding hydrogens is 344 g/mol. The van der Waals surface area contributed by atoms with E-state index in [4.69, 9.17) is 16.3 Å². The van der Waals surface area contributed by atoms with E-state index in [1.165, 1.54) is 12.7 Å². The summed E-state index contributed by atoms with van der Waals surface area (Å²) in [6, 6.07) is 12.4. The zero-order valence-electron chi connectivity index (χ0n) is 13.7. The van der Waals surface area contributed by atoms with E-state index in [0.29, 0.717) is 10.7 Å². The predicted octanol–water partition coefficient (Wildman–Crippen LogP) is 4.72. The fourth-order valence-electron chi connectivity index (χ4n) is 2.51. The van der Waals surface area contributed by atoms with Crippen LogP contribution < -0.4 is 0 Å². The smallest absolute Gasteiger partial charge is 0.327 e. The lowest BCUT2D eigenvalue weighted by atomic mass is 10.1. The first kappa shape index (κ1) is 16.7. The summed E-state index contributed by atoms with van der Waals surface area (Å²) in [5, 5.41) is 4.93. The lowest BCUT2D eigenvalue weighted by Gasteiger charge is -2.05. The van der Waals surface area contributed by atoms with Gasteiger partial charge >= 0.3 is 5.97 Å². The highest BCUT2D eigenvalue weighted by Gasteiger charge is 2.19. The molecule has 0 bridgehead atoms. The highest BCUT2D eigenvalue weighted by atomic mass is 35.5. The third-order valence-corrected chi connectivity index (χ3v) is 5.30. The molecule has 3 rings (SSSR count). The molecule has 3 aromatic rings. The number of esters is 1. The zero-order valence-corrected chi connectivity index (χ0v) is 15.2. The number of ether oxygens (including phenoxy) is 1. The summed E-state index contributed by atoms with van der Waals surface area (Å²) in [6.07, 6.45) is 0. The SMILES string of the molecule is COC(=O)Cn1nc(C)c(Cl)c1-c1ccc(-c2cccc(C)c2)s1. The van der Waals surface area contributed by atoms with E-state index in [-0.39, 0.29) is 12.5 Å². The molecule has 0 saturated heterocycles. The number of thiophene rings is 1. The monoisotopic (exact) mass is 360 g/mol. The summed E-state index contributed by atoms with van der Waals surface area (Å²) < 4.78 is 6.35. The van der Waals surface area contributed by atoms with Crippen LogP contribution in [0.3, 0.4) is 0 Å². The first-order valence-electron chi connectivity index (χ1n) is 7.46. The van der Waals surface area contributed by atoms with Crippen molar-refractivity contribution in [3.8, 4) is 21.0 Å². The van der Waals surface area contributed by atoms with Gasteiger partial charge < -0.3 is 4.74 Å². The largest absolute Gasteiger partial charge is 0.468 e. The molecule has 2 heterocycles. The van der Waals surface area contributed by atoms with Crippen LogP contribution in [-0.4, -0.2) is 22.9 Å². The number of halogens is 1. The molecule has 0 saturated carbocycles. The van der Waals surface area contributed by atoms with Crippen molar-refractivity contribution in [1.82, 2.24) is 9.78 Å². The van der Waals surface area contributed by atoms with E-state index < -0.39 is 0 Å². The van der Waals surface area contributed by atoms with Crippen LogP contribution in [0.15, 0.2) is 36.4 Å². The number of aryl methyl sites for hydroxylation is 2. The van der Waals surface area contributed by atoms with E-state index in [1.807, 2.05) is 19.1 Å². The molecule has 0 N–H and O–H groups in total. The maximum absolute atomic E-state index is 11.6. The summed E-state index contributed by atoms with van der Waals surface area (Å²) >= 11 is 8.05. The minimum absolute atomic E-state index is 0.0388. The Labute approximate surface area is 149 Å². The Bertz CT molecular complexity index is 898. The van der Waals surface area contributed by atoms with Gasteiger partial charge in [0.1, 0.15) is 6.54 Å². The van der Waals surface area contributed by atoms with Gasteiger partial charge in [-0.2, -0.15) is 5.10 Å². The van der Waals surface area contributed by atoms with Crippen LogP contribution in [0.5, 0.6) is 0 Å². The van der Waals surface area contributed by atoms with Crippen LogP contribution in [-0.2, 0) is 16.1 Å². The van der Waals surface area contributed by atoms with Gasteiger partial charge in [0.05, 0.1) is 28.4 Å². The van der Waals surface area contributed by atoms with Gasteiger partial charge in [0.2, 0.25) is 0 Å². The summed E-state index contributed by atoms with van der Waals surface area (Å²) in [5.74, 6) is -0.356. The molecule has 0 aliphatic heterocycles. The van der Waals surface area contributed by atoms with Crippen molar-refractivity contribution in [3.63, 3.8) is 0 Å². The molecule has 6 heteroatoms. The van der Waals surface area contributed by atoms with Gasteiger partial charge in [-0.3, -0.25) is 9.48 Å². The lowest BCUT2D eigenvalue weighted by molar-refractivity contribution is -0.141. The number of carbonyl (C=O) groups excluding carboxylic acids is 1. The number of benzene rings is 1. The molecule has 0 aliphatic rings. The van der Waals surface area contributed by atoms with Gasteiger partial charge in [-0.05, 0) is 31.5 Å². The Morgan fingerprint density at radius 1 is 1.25 bits per heavy atom. The molecule has 1 aromatic carbocycles. The zero-order chi connectivity index (χ0) is 17.3. The highest BCUT2D eigenvalue weighted by Crippen LogP contribution is 2.38. The van der Waals surface area contributed by atoms with Crippen LogP contribution in [0.25, 0.3) is 21.0 Å². The molecule has 0 atom stereocenters. The number of nitrogens with zero attached hydrogens (tertiary/aromatic N) is 2. The molecular formula is C18H17ClN2O2S. The van der Waals surface area contributed by atoms with Crippen LogP contribution in [0, 0.1) is 13.8 Å². The topological polar surface area (TPSA) is 44.1 Å². The average Bonchev–Trinajstić information content (AvgIpc) is 3.13. The average molecular weight is 361 g/mol. The van der Waals surface area contributed by atoms with Crippen molar-refractivity contribution in [2.45, 2.75) is 20.4 Å². The van der Waals surface area contributed by atoms with Crippen molar-refractivity contribution in [1.29, 1.82) is 0 Å². The Kier molecular flexibility index (Phi) is 4.73. The molecule has 24 heavy (non-hydrogen) atoms. The minimum Gasteiger partial charge on any atom is -0.468 e. The molecule has 0 aliphatic carbocycles. The van der Waals surface area contributed by atoms with Crippen LogP contribution in [0.2, 0.25) is 5.02 Å². The summed E-state index contributed by atoms with van der Waals surface area (Å²) in [4.78, 5) is 13.7. The Hall–Kier alpha value is -2.11. The van der Waals surface area contributed by atoms with Crippen molar-refractivity contribution in [2.24, 2.45) is 0 Å². The Balaban J connectivity index is 2.02. The van der Waals surface area contributed by atoms with Gasteiger partial charge in [-0.15, -0.1) is 11.3 Å². The van der Waals surface area contributed by atoms with E-state index >= 15 is 0 Å². The standard InChI is InChI=1S/C18H17ClN2O2S/c1-11-5-4-6-13(9-11)14-7-8-15(24-14)18-17(19)12(2)20-21(18)10-16(22)23-3/h4-9H,10H2,1-3H3. The molecule has 2 aromatic heterocycles. The second-order valence-corrected chi connectivity index (χ2v) is 6.98. The van der Waals surface area contributed by atoms with E-state index in [2.05, 4.69) is 36.3 Å². The lowest BCUT2D eigenvalue weighted by Crippen LogP contribution is -2.13. The number of hydrogen-bond donors (Lipinski definition) is 0. The van der Waals surface area contributed by atoms with Gasteiger partial charge in [0, 0.05) is 4.88 Å². The fraction of sp³-hybridized carbons (Fsp3) is 0.222. The molecule has 0 radical (unpaired) electrons. The van der Waals surface area contributed by atoms with Gasteiger partial charge in [-0.25, -0.2) is 0 Å². The first-order valence-corrected chi connectivity index (χ1v) is 8.66. The normalized spacial score (nSPS) is 10.8. The van der Waals surface area contributed by atoms with Crippen molar-refractivity contribution in [3.05, 3.63) is 52.7 Å². The molecule has 124 valence electrons. The van der Waals surface area contributed by atoms with Gasteiger partial charge in [0.15, 0.2) is 0 Å². The molecule has 0 spiro atoms. The summed E-state index contributed by atoms with van der Waals surface area (Å²) in [6.45, 7) is 3.94. The minimum atomic E-state index is -0.356. The molecule has 0 fully saturated rings.